The number of hydrogen-bond acceptors (Lipinski definition) is 4. The Bertz CT molecular complexity index is 503. The summed E-state index contributed by atoms with van der Waals surface area (Å²) < 4.78 is 18.9. The summed E-state index contributed by atoms with van der Waals surface area (Å²) in [6.07, 6.45) is 1.06. The molecule has 0 spiro atoms. The Hall–Kier alpha value is -0.920. The number of ether oxygens (including phenoxy) is 1. The molecule has 8 heteroatoms. The van der Waals surface area contributed by atoms with Crippen LogP contribution in [0.5, 0.6) is 0 Å². The minimum Gasteiger partial charge on any atom is -0.379 e. The van der Waals surface area contributed by atoms with Gasteiger partial charge in [-0.2, -0.15) is 0 Å². The third kappa shape index (κ3) is 7.88. The summed E-state index contributed by atoms with van der Waals surface area (Å²) in [6, 6.07) is 5.81. The fraction of sp³-hybridized carbons (Fsp3) is 0.588. The Balaban J connectivity index is 0.00000288. The van der Waals surface area contributed by atoms with E-state index >= 15 is 0 Å². The zero-order valence-electron chi connectivity index (χ0n) is 14.5. The number of nitrogens with one attached hydrogen (secondary N) is 2. The van der Waals surface area contributed by atoms with E-state index in [0.29, 0.717) is 38.4 Å². The number of hydrogen-bond donors (Lipinski definition) is 2. The molecule has 1 amide bonds. The molecular weight excluding hydrogens is 368 g/mol. The highest BCUT2D eigenvalue weighted by atomic mass is 35.5. The van der Waals surface area contributed by atoms with Gasteiger partial charge in [0, 0.05) is 26.2 Å². The maximum absolute atomic E-state index is 13.6. The topological polar surface area (TPSA) is 53.6 Å². The number of rotatable bonds is 8. The number of nitrogens with zero attached hydrogens (tertiary/aromatic N) is 1. The molecule has 1 aromatic rings. The first kappa shape index (κ1) is 24.1. The van der Waals surface area contributed by atoms with Gasteiger partial charge in [-0.1, -0.05) is 19.1 Å². The lowest BCUT2D eigenvalue weighted by molar-refractivity contribution is -0.128. The number of halogens is 3. The summed E-state index contributed by atoms with van der Waals surface area (Å²) in [4.78, 5) is 14.7. The van der Waals surface area contributed by atoms with Gasteiger partial charge in [-0.25, -0.2) is 4.39 Å². The smallest absolute Gasteiger partial charge is 0.242 e. The zero-order valence-corrected chi connectivity index (χ0v) is 16.1. The van der Waals surface area contributed by atoms with Crippen LogP contribution in [0.25, 0.3) is 0 Å². The second kappa shape index (κ2) is 13.3. The molecule has 1 heterocycles. The van der Waals surface area contributed by atoms with Crippen molar-refractivity contribution in [1.82, 2.24) is 15.5 Å². The lowest BCUT2D eigenvalue weighted by Crippen LogP contribution is -2.46. The number of carbonyl (C=O) groups is 1. The fourth-order valence-electron chi connectivity index (χ4n) is 2.71. The van der Waals surface area contributed by atoms with Crippen LogP contribution in [0.4, 0.5) is 4.39 Å². The highest BCUT2D eigenvalue weighted by Crippen LogP contribution is 2.22. The molecule has 1 atom stereocenters. The standard InChI is InChI=1S/C17H26FN3O2.2ClH/c1-2-6-19-7-8-20-17(22)16(21-9-11-23-12-10-21)14-4-3-5-15(18)13-14;;/h3-5,13,16,19H,2,6-12H2,1H3,(H,20,22);2*1H. The summed E-state index contributed by atoms with van der Waals surface area (Å²) in [7, 11) is 0. The van der Waals surface area contributed by atoms with Crippen LogP contribution in [0.1, 0.15) is 24.9 Å². The van der Waals surface area contributed by atoms with Gasteiger partial charge in [0.05, 0.1) is 13.2 Å². The number of benzene rings is 1. The SMILES string of the molecule is CCCNCCNC(=O)C(c1cccc(F)c1)N1CCOCC1.Cl.Cl. The lowest BCUT2D eigenvalue weighted by atomic mass is 10.0. The molecule has 1 aliphatic rings. The fourth-order valence-corrected chi connectivity index (χ4v) is 2.71. The van der Waals surface area contributed by atoms with Crippen molar-refractivity contribution < 1.29 is 13.9 Å². The van der Waals surface area contributed by atoms with E-state index in [-0.39, 0.29) is 36.5 Å². The molecule has 144 valence electrons. The molecule has 0 bridgehead atoms. The van der Waals surface area contributed by atoms with Crippen LogP contribution >= 0.6 is 24.8 Å². The molecule has 0 radical (unpaired) electrons. The van der Waals surface area contributed by atoms with Gasteiger partial charge in [0.15, 0.2) is 0 Å². The second-order valence-corrected chi connectivity index (χ2v) is 5.65. The van der Waals surface area contributed by atoms with Crippen molar-refractivity contribution in [3.8, 4) is 0 Å². The van der Waals surface area contributed by atoms with E-state index in [9.17, 15) is 9.18 Å². The molecular formula is C17H28Cl2FN3O2. The Morgan fingerprint density at radius 2 is 1.96 bits per heavy atom. The van der Waals surface area contributed by atoms with Gasteiger partial charge in [0.2, 0.25) is 5.91 Å². The third-order valence-corrected chi connectivity index (χ3v) is 3.85. The summed E-state index contributed by atoms with van der Waals surface area (Å²) in [5, 5.41) is 6.20. The molecule has 1 aliphatic heterocycles. The van der Waals surface area contributed by atoms with E-state index in [1.807, 2.05) is 4.90 Å². The molecule has 2 N–H and O–H groups in total. The molecule has 0 saturated carbocycles. The lowest BCUT2D eigenvalue weighted by Gasteiger charge is -2.33. The van der Waals surface area contributed by atoms with Crippen molar-refractivity contribution in [2.24, 2.45) is 0 Å². The Kier molecular flexibility index (Phi) is 12.8. The van der Waals surface area contributed by atoms with E-state index in [1.165, 1.54) is 12.1 Å². The maximum Gasteiger partial charge on any atom is 0.242 e. The van der Waals surface area contributed by atoms with Crippen LogP contribution in [-0.4, -0.2) is 56.7 Å². The van der Waals surface area contributed by atoms with E-state index in [4.69, 9.17) is 4.74 Å². The minimum atomic E-state index is -0.472. The molecule has 5 nitrogen and oxygen atoms in total. The number of carbonyl (C=O) groups excluding carboxylic acids is 1. The average Bonchev–Trinajstić information content (AvgIpc) is 2.56. The molecule has 25 heavy (non-hydrogen) atoms. The van der Waals surface area contributed by atoms with Crippen LogP contribution in [0, 0.1) is 5.82 Å². The zero-order chi connectivity index (χ0) is 16.5. The molecule has 1 unspecified atom stereocenters. The van der Waals surface area contributed by atoms with Crippen molar-refractivity contribution in [3.63, 3.8) is 0 Å². The summed E-state index contributed by atoms with van der Waals surface area (Å²) in [6.45, 7) is 6.86. The highest BCUT2D eigenvalue weighted by Gasteiger charge is 2.29. The van der Waals surface area contributed by atoms with Crippen LogP contribution in [-0.2, 0) is 9.53 Å². The Labute approximate surface area is 161 Å². The summed E-state index contributed by atoms with van der Waals surface area (Å²) in [5.41, 5.74) is 0.686. The monoisotopic (exact) mass is 395 g/mol. The second-order valence-electron chi connectivity index (χ2n) is 5.65. The molecule has 0 aromatic heterocycles. The Morgan fingerprint density at radius 1 is 1.24 bits per heavy atom. The quantitative estimate of drug-likeness (QED) is 0.662. The minimum absolute atomic E-state index is 0. The number of morpholine rings is 1. The first-order valence-electron chi connectivity index (χ1n) is 8.28. The van der Waals surface area contributed by atoms with E-state index in [0.717, 1.165) is 19.5 Å². The predicted molar refractivity (Wildman–Crippen MR) is 102 cm³/mol. The first-order valence-corrected chi connectivity index (χ1v) is 8.28. The molecule has 0 aliphatic carbocycles. The van der Waals surface area contributed by atoms with Gasteiger partial charge in [-0.05, 0) is 30.7 Å². The van der Waals surface area contributed by atoms with Crippen LogP contribution in [0.2, 0.25) is 0 Å². The molecule has 1 aromatic carbocycles. The van der Waals surface area contributed by atoms with Crippen LogP contribution in [0.3, 0.4) is 0 Å². The average molecular weight is 396 g/mol. The normalized spacial score (nSPS) is 15.6. The van der Waals surface area contributed by atoms with Crippen molar-refractivity contribution >= 4 is 30.7 Å². The molecule has 1 saturated heterocycles. The van der Waals surface area contributed by atoms with Gasteiger partial charge < -0.3 is 15.4 Å². The van der Waals surface area contributed by atoms with E-state index < -0.39 is 6.04 Å². The van der Waals surface area contributed by atoms with Crippen molar-refractivity contribution in [1.29, 1.82) is 0 Å². The van der Waals surface area contributed by atoms with Crippen molar-refractivity contribution in [2.45, 2.75) is 19.4 Å². The molecule has 1 fully saturated rings. The third-order valence-electron chi connectivity index (χ3n) is 3.85. The van der Waals surface area contributed by atoms with Gasteiger partial charge in [-0.3, -0.25) is 9.69 Å². The first-order chi connectivity index (χ1) is 11.2. The highest BCUT2D eigenvalue weighted by molar-refractivity contribution is 5.85. The van der Waals surface area contributed by atoms with Crippen LogP contribution < -0.4 is 10.6 Å². The van der Waals surface area contributed by atoms with Crippen molar-refractivity contribution in [2.75, 3.05) is 45.9 Å². The van der Waals surface area contributed by atoms with Gasteiger partial charge >= 0.3 is 0 Å². The summed E-state index contributed by atoms with van der Waals surface area (Å²) >= 11 is 0. The predicted octanol–water partition coefficient (Wildman–Crippen LogP) is 2.16. The van der Waals surface area contributed by atoms with Gasteiger partial charge in [-0.15, -0.1) is 24.8 Å². The van der Waals surface area contributed by atoms with Crippen molar-refractivity contribution in [3.05, 3.63) is 35.6 Å². The maximum atomic E-state index is 13.6. The molecule has 2 rings (SSSR count). The van der Waals surface area contributed by atoms with E-state index in [1.54, 1.807) is 12.1 Å². The Morgan fingerprint density at radius 3 is 2.60 bits per heavy atom. The van der Waals surface area contributed by atoms with Gasteiger partial charge in [0.1, 0.15) is 11.9 Å². The summed E-state index contributed by atoms with van der Waals surface area (Å²) in [5.74, 6) is -0.408. The number of amides is 1. The van der Waals surface area contributed by atoms with Crippen LogP contribution in [0.15, 0.2) is 24.3 Å². The largest absolute Gasteiger partial charge is 0.379 e. The van der Waals surface area contributed by atoms with Gasteiger partial charge in [0.25, 0.3) is 0 Å². The van der Waals surface area contributed by atoms with E-state index in [2.05, 4.69) is 17.6 Å².